The van der Waals surface area contributed by atoms with E-state index in [1.165, 1.54) is 0 Å². The number of hydrogen-bond acceptors (Lipinski definition) is 2. The molecule has 1 aromatic carbocycles. The van der Waals surface area contributed by atoms with E-state index in [1.54, 1.807) is 13.0 Å². The molecular formula is C11H14Cl2N2O. The fraction of sp³-hybridized carbons (Fsp3) is 0.364. The van der Waals surface area contributed by atoms with Crippen LogP contribution in [-0.4, -0.2) is 18.5 Å². The summed E-state index contributed by atoms with van der Waals surface area (Å²) >= 11 is 11.7. The van der Waals surface area contributed by atoms with Crippen LogP contribution in [0.1, 0.15) is 12.5 Å². The first-order valence-electron chi connectivity index (χ1n) is 4.97. The van der Waals surface area contributed by atoms with Gasteiger partial charge in [-0.25, -0.2) is 0 Å². The number of hydrogen-bond donors (Lipinski definition) is 2. The van der Waals surface area contributed by atoms with E-state index in [4.69, 9.17) is 28.9 Å². The first-order valence-corrected chi connectivity index (χ1v) is 5.73. The van der Waals surface area contributed by atoms with Crippen LogP contribution in [0.2, 0.25) is 10.0 Å². The van der Waals surface area contributed by atoms with Crippen LogP contribution in [0.5, 0.6) is 0 Å². The Morgan fingerprint density at radius 2 is 1.94 bits per heavy atom. The Morgan fingerprint density at radius 1 is 1.38 bits per heavy atom. The summed E-state index contributed by atoms with van der Waals surface area (Å²) < 4.78 is 0. The van der Waals surface area contributed by atoms with Crippen LogP contribution in [0.4, 0.5) is 0 Å². The van der Waals surface area contributed by atoms with E-state index in [9.17, 15) is 4.79 Å². The second-order valence-electron chi connectivity index (χ2n) is 3.61. The Hall–Kier alpha value is -0.770. The lowest BCUT2D eigenvalue weighted by Gasteiger charge is -2.08. The number of halogens is 2. The summed E-state index contributed by atoms with van der Waals surface area (Å²) in [4.78, 5) is 11.2. The van der Waals surface area contributed by atoms with Gasteiger partial charge < -0.3 is 11.1 Å². The van der Waals surface area contributed by atoms with Gasteiger partial charge in [0.1, 0.15) is 0 Å². The van der Waals surface area contributed by atoms with Gasteiger partial charge in [0.15, 0.2) is 0 Å². The van der Waals surface area contributed by atoms with Crippen LogP contribution in [0.3, 0.4) is 0 Å². The van der Waals surface area contributed by atoms with Crippen molar-refractivity contribution in [3.05, 3.63) is 33.8 Å². The summed E-state index contributed by atoms with van der Waals surface area (Å²) in [6, 6.07) is 4.84. The molecule has 0 aliphatic heterocycles. The van der Waals surface area contributed by atoms with Crippen molar-refractivity contribution in [1.29, 1.82) is 0 Å². The summed E-state index contributed by atoms with van der Waals surface area (Å²) in [5, 5.41) is 3.92. The van der Waals surface area contributed by atoms with Gasteiger partial charge in [-0.3, -0.25) is 4.79 Å². The Morgan fingerprint density at radius 3 is 2.44 bits per heavy atom. The van der Waals surface area contributed by atoms with Gasteiger partial charge in [0.2, 0.25) is 5.91 Å². The number of benzene rings is 1. The molecule has 0 radical (unpaired) electrons. The molecule has 88 valence electrons. The summed E-state index contributed by atoms with van der Waals surface area (Å²) in [6.07, 6.45) is 0.679. The van der Waals surface area contributed by atoms with E-state index in [2.05, 4.69) is 5.32 Å². The molecule has 1 rings (SSSR count). The third-order valence-electron chi connectivity index (χ3n) is 2.05. The monoisotopic (exact) mass is 260 g/mol. The molecule has 0 spiro atoms. The van der Waals surface area contributed by atoms with Crippen LogP contribution >= 0.6 is 23.2 Å². The van der Waals surface area contributed by atoms with Crippen molar-refractivity contribution in [2.24, 2.45) is 5.73 Å². The van der Waals surface area contributed by atoms with Gasteiger partial charge in [0, 0.05) is 16.6 Å². The fourth-order valence-corrected chi connectivity index (χ4v) is 1.82. The second-order valence-corrected chi connectivity index (χ2v) is 4.48. The van der Waals surface area contributed by atoms with Crippen LogP contribution in [0, 0.1) is 0 Å². The highest BCUT2D eigenvalue weighted by atomic mass is 35.5. The van der Waals surface area contributed by atoms with Crippen molar-refractivity contribution < 1.29 is 4.79 Å². The summed E-state index contributed by atoms with van der Waals surface area (Å²) in [6.45, 7) is 2.17. The lowest BCUT2D eigenvalue weighted by molar-refractivity contribution is -0.121. The molecule has 0 bridgehead atoms. The molecule has 0 aliphatic rings. The quantitative estimate of drug-likeness (QED) is 0.870. The number of nitrogens with one attached hydrogen (secondary N) is 1. The van der Waals surface area contributed by atoms with Crippen LogP contribution in [0.25, 0.3) is 0 Å². The zero-order valence-corrected chi connectivity index (χ0v) is 10.5. The number of carbonyl (C=O) groups excluding carboxylic acids is 1. The molecule has 1 amide bonds. The van der Waals surface area contributed by atoms with Crippen molar-refractivity contribution in [1.82, 2.24) is 5.32 Å². The molecule has 0 heterocycles. The van der Waals surface area contributed by atoms with Gasteiger partial charge >= 0.3 is 0 Å². The minimum Gasteiger partial charge on any atom is -0.354 e. The molecule has 3 nitrogen and oxygen atoms in total. The minimum absolute atomic E-state index is 0.159. The van der Waals surface area contributed by atoms with Gasteiger partial charge in [-0.2, -0.15) is 0 Å². The number of nitrogens with two attached hydrogens (primary N) is 1. The van der Waals surface area contributed by atoms with E-state index in [0.717, 1.165) is 5.56 Å². The summed E-state index contributed by atoms with van der Waals surface area (Å²) in [7, 11) is 0. The van der Waals surface area contributed by atoms with E-state index < -0.39 is 6.04 Å². The predicted molar refractivity (Wildman–Crippen MR) is 66.8 cm³/mol. The lowest BCUT2D eigenvalue weighted by atomic mass is 10.1. The van der Waals surface area contributed by atoms with Gasteiger partial charge in [-0.15, -0.1) is 0 Å². The first kappa shape index (κ1) is 13.3. The van der Waals surface area contributed by atoms with Gasteiger partial charge in [-0.05, 0) is 37.1 Å². The highest BCUT2D eigenvalue weighted by molar-refractivity contribution is 6.34. The van der Waals surface area contributed by atoms with Gasteiger partial charge in [0.05, 0.1) is 6.04 Å². The molecule has 0 unspecified atom stereocenters. The Labute approximate surface area is 105 Å². The second kappa shape index (κ2) is 6.09. The normalized spacial score (nSPS) is 12.2. The smallest absolute Gasteiger partial charge is 0.236 e. The largest absolute Gasteiger partial charge is 0.354 e. The maximum atomic E-state index is 11.2. The molecular weight excluding hydrogens is 247 g/mol. The minimum atomic E-state index is -0.483. The number of rotatable bonds is 4. The zero-order valence-electron chi connectivity index (χ0n) is 8.97. The summed E-state index contributed by atoms with van der Waals surface area (Å²) in [5.74, 6) is -0.159. The highest BCUT2D eigenvalue weighted by Gasteiger charge is 2.05. The molecule has 0 saturated carbocycles. The van der Waals surface area contributed by atoms with Crippen molar-refractivity contribution in [2.75, 3.05) is 6.54 Å². The molecule has 0 fully saturated rings. The third kappa shape index (κ3) is 4.39. The molecule has 0 aromatic heterocycles. The maximum Gasteiger partial charge on any atom is 0.236 e. The molecule has 1 aromatic rings. The van der Waals surface area contributed by atoms with Crippen LogP contribution in [0.15, 0.2) is 18.2 Å². The van der Waals surface area contributed by atoms with Crippen molar-refractivity contribution in [2.45, 2.75) is 19.4 Å². The Kier molecular flexibility index (Phi) is 5.06. The summed E-state index contributed by atoms with van der Waals surface area (Å²) in [5.41, 5.74) is 6.40. The van der Waals surface area contributed by atoms with E-state index in [1.807, 2.05) is 12.1 Å². The average Bonchev–Trinajstić information content (AvgIpc) is 2.15. The first-order chi connectivity index (χ1) is 7.49. The van der Waals surface area contributed by atoms with Gasteiger partial charge in [-0.1, -0.05) is 23.2 Å². The molecule has 16 heavy (non-hydrogen) atoms. The SMILES string of the molecule is C[C@H](N)C(=O)NCCc1cc(Cl)cc(Cl)c1. The molecule has 0 saturated heterocycles. The number of amides is 1. The lowest BCUT2D eigenvalue weighted by Crippen LogP contribution is -2.39. The van der Waals surface area contributed by atoms with Crippen molar-refractivity contribution >= 4 is 29.1 Å². The fourth-order valence-electron chi connectivity index (χ4n) is 1.25. The van der Waals surface area contributed by atoms with Crippen molar-refractivity contribution in [3.8, 4) is 0 Å². The standard InChI is InChI=1S/C11H14Cl2N2O/c1-7(14)11(16)15-3-2-8-4-9(12)6-10(13)5-8/h4-7H,2-3,14H2,1H3,(H,15,16)/t7-/m0/s1. The van der Waals surface area contributed by atoms with Crippen LogP contribution < -0.4 is 11.1 Å². The van der Waals surface area contributed by atoms with E-state index in [0.29, 0.717) is 23.0 Å². The zero-order chi connectivity index (χ0) is 12.1. The Balaban J connectivity index is 2.46. The topological polar surface area (TPSA) is 55.1 Å². The van der Waals surface area contributed by atoms with Crippen molar-refractivity contribution in [3.63, 3.8) is 0 Å². The van der Waals surface area contributed by atoms with Gasteiger partial charge in [0.25, 0.3) is 0 Å². The van der Waals surface area contributed by atoms with Crippen LogP contribution in [-0.2, 0) is 11.2 Å². The van der Waals surface area contributed by atoms with E-state index in [-0.39, 0.29) is 5.91 Å². The molecule has 0 aliphatic carbocycles. The molecule has 5 heteroatoms. The maximum absolute atomic E-state index is 11.2. The predicted octanol–water partition coefficient (Wildman–Crippen LogP) is 2.00. The number of carbonyl (C=O) groups is 1. The van der Waals surface area contributed by atoms with E-state index >= 15 is 0 Å². The average molecular weight is 261 g/mol. The highest BCUT2D eigenvalue weighted by Crippen LogP contribution is 2.19. The molecule has 3 N–H and O–H groups in total. The molecule has 1 atom stereocenters. The third-order valence-corrected chi connectivity index (χ3v) is 2.49. The Bertz CT molecular complexity index is 360.